The topological polar surface area (TPSA) is 39.7 Å². The number of nitrogens with one attached hydrogen (secondary N) is 2. The smallest absolute Gasteiger partial charge is 0.190 e. The molecule has 24 heavy (non-hydrogen) atoms. The average molecular weight is 464 g/mol. The first kappa shape index (κ1) is 21.7. The SMILES string of the molecule is CN=C(NCCC(C)C)NCC1CCCN(Cc2cccs2)C1.I. The molecule has 1 aromatic heterocycles. The van der Waals surface area contributed by atoms with Gasteiger partial charge in [-0.2, -0.15) is 0 Å². The maximum Gasteiger partial charge on any atom is 0.190 e. The molecule has 0 aromatic carbocycles. The number of piperidine rings is 1. The Balaban J connectivity index is 0.00000288. The van der Waals surface area contributed by atoms with E-state index in [1.807, 2.05) is 18.4 Å². The molecule has 1 atom stereocenters. The van der Waals surface area contributed by atoms with Gasteiger partial charge in [-0.05, 0) is 49.1 Å². The molecule has 1 aliphatic rings. The lowest BCUT2D eigenvalue weighted by atomic mass is 9.98. The maximum atomic E-state index is 4.33. The van der Waals surface area contributed by atoms with E-state index in [0.717, 1.165) is 31.5 Å². The highest BCUT2D eigenvalue weighted by Gasteiger charge is 2.20. The second-order valence-electron chi connectivity index (χ2n) is 6.89. The summed E-state index contributed by atoms with van der Waals surface area (Å²) < 4.78 is 0. The molecule has 0 amide bonds. The van der Waals surface area contributed by atoms with Crippen LogP contribution in [0.3, 0.4) is 0 Å². The summed E-state index contributed by atoms with van der Waals surface area (Å²) in [6.45, 7) is 10.0. The van der Waals surface area contributed by atoms with E-state index in [4.69, 9.17) is 0 Å². The van der Waals surface area contributed by atoms with Crippen molar-refractivity contribution in [3.63, 3.8) is 0 Å². The Hall–Kier alpha value is -0.340. The predicted molar refractivity (Wildman–Crippen MR) is 117 cm³/mol. The Morgan fingerprint density at radius 1 is 1.42 bits per heavy atom. The third-order valence-electron chi connectivity index (χ3n) is 4.36. The summed E-state index contributed by atoms with van der Waals surface area (Å²) in [5.74, 6) is 2.39. The second kappa shape index (κ2) is 12.1. The number of likely N-dealkylation sites (tertiary alicyclic amines) is 1. The van der Waals surface area contributed by atoms with Crippen molar-refractivity contribution in [2.75, 3.05) is 33.2 Å². The summed E-state index contributed by atoms with van der Waals surface area (Å²) in [5, 5.41) is 9.09. The zero-order chi connectivity index (χ0) is 16.5. The first-order valence-electron chi connectivity index (χ1n) is 8.86. The fraction of sp³-hybridized carbons (Fsp3) is 0.722. The number of thiophene rings is 1. The number of hydrogen-bond acceptors (Lipinski definition) is 3. The Morgan fingerprint density at radius 2 is 2.25 bits per heavy atom. The quantitative estimate of drug-likeness (QED) is 0.367. The van der Waals surface area contributed by atoms with Crippen LogP contribution in [0.2, 0.25) is 0 Å². The number of rotatable bonds is 7. The fourth-order valence-electron chi connectivity index (χ4n) is 3.03. The first-order chi connectivity index (χ1) is 11.2. The van der Waals surface area contributed by atoms with E-state index in [1.165, 1.54) is 37.2 Å². The van der Waals surface area contributed by atoms with Crippen molar-refractivity contribution in [3.8, 4) is 0 Å². The molecule has 0 aliphatic carbocycles. The number of hydrogen-bond donors (Lipinski definition) is 2. The molecule has 0 saturated carbocycles. The largest absolute Gasteiger partial charge is 0.356 e. The van der Waals surface area contributed by atoms with Crippen molar-refractivity contribution in [1.82, 2.24) is 15.5 Å². The molecule has 0 bridgehead atoms. The Labute approximate surface area is 168 Å². The second-order valence-corrected chi connectivity index (χ2v) is 7.92. The average Bonchev–Trinajstić information content (AvgIpc) is 3.03. The zero-order valence-electron chi connectivity index (χ0n) is 15.3. The van der Waals surface area contributed by atoms with Crippen LogP contribution < -0.4 is 10.6 Å². The van der Waals surface area contributed by atoms with Gasteiger partial charge in [-0.3, -0.25) is 9.89 Å². The minimum atomic E-state index is 0. The van der Waals surface area contributed by atoms with Crippen molar-refractivity contribution >= 4 is 41.3 Å². The van der Waals surface area contributed by atoms with Gasteiger partial charge in [0.2, 0.25) is 0 Å². The van der Waals surface area contributed by atoms with Crippen LogP contribution in [0.25, 0.3) is 0 Å². The van der Waals surface area contributed by atoms with Crippen LogP contribution in [0, 0.1) is 11.8 Å². The van der Waals surface area contributed by atoms with E-state index < -0.39 is 0 Å². The summed E-state index contributed by atoms with van der Waals surface area (Å²) in [6.07, 6.45) is 3.80. The van der Waals surface area contributed by atoms with Gasteiger partial charge in [0.15, 0.2) is 5.96 Å². The molecule has 1 aromatic rings. The lowest BCUT2D eigenvalue weighted by molar-refractivity contribution is 0.169. The molecule has 1 unspecified atom stereocenters. The van der Waals surface area contributed by atoms with E-state index in [0.29, 0.717) is 5.92 Å². The standard InChI is InChI=1S/C18H32N4S.HI/c1-15(2)8-9-20-18(19-3)21-12-16-6-4-10-22(13-16)14-17-7-5-11-23-17;/h5,7,11,15-16H,4,6,8-10,12-14H2,1-3H3,(H2,19,20,21);1H. The minimum absolute atomic E-state index is 0. The van der Waals surface area contributed by atoms with Gasteiger partial charge >= 0.3 is 0 Å². The maximum absolute atomic E-state index is 4.33. The third-order valence-corrected chi connectivity index (χ3v) is 5.22. The Kier molecular flexibility index (Phi) is 10.9. The van der Waals surface area contributed by atoms with Crippen molar-refractivity contribution in [2.24, 2.45) is 16.8 Å². The van der Waals surface area contributed by atoms with Crippen LogP contribution in [0.5, 0.6) is 0 Å². The van der Waals surface area contributed by atoms with E-state index in [1.54, 1.807) is 0 Å². The molecule has 0 spiro atoms. The Morgan fingerprint density at radius 3 is 2.92 bits per heavy atom. The molecule has 2 N–H and O–H groups in total. The fourth-order valence-corrected chi connectivity index (χ4v) is 3.77. The molecule has 1 saturated heterocycles. The zero-order valence-corrected chi connectivity index (χ0v) is 18.4. The van der Waals surface area contributed by atoms with Crippen LogP contribution in [0.15, 0.2) is 22.5 Å². The Bertz CT molecular complexity index is 462. The molecule has 2 rings (SSSR count). The molecule has 0 radical (unpaired) electrons. The summed E-state index contributed by atoms with van der Waals surface area (Å²) >= 11 is 1.86. The molecular formula is C18H33IN4S. The lowest BCUT2D eigenvalue weighted by Crippen LogP contribution is -2.44. The summed E-state index contributed by atoms with van der Waals surface area (Å²) in [7, 11) is 1.86. The molecule has 6 heteroatoms. The van der Waals surface area contributed by atoms with Gasteiger partial charge in [-0.15, -0.1) is 35.3 Å². The van der Waals surface area contributed by atoms with Crippen LogP contribution in [-0.2, 0) is 6.54 Å². The molecule has 2 heterocycles. The van der Waals surface area contributed by atoms with Crippen LogP contribution in [-0.4, -0.2) is 44.1 Å². The normalized spacial score (nSPS) is 19.2. The van der Waals surface area contributed by atoms with Crippen LogP contribution in [0.1, 0.15) is 38.0 Å². The summed E-state index contributed by atoms with van der Waals surface area (Å²) in [4.78, 5) is 8.40. The van der Waals surface area contributed by atoms with Gasteiger partial charge in [0, 0.05) is 38.1 Å². The van der Waals surface area contributed by atoms with Gasteiger partial charge in [-0.1, -0.05) is 19.9 Å². The van der Waals surface area contributed by atoms with E-state index in [2.05, 4.69) is 51.9 Å². The van der Waals surface area contributed by atoms with E-state index in [9.17, 15) is 0 Å². The lowest BCUT2D eigenvalue weighted by Gasteiger charge is -2.32. The highest BCUT2D eigenvalue weighted by molar-refractivity contribution is 14.0. The van der Waals surface area contributed by atoms with Gasteiger partial charge in [-0.25, -0.2) is 0 Å². The highest BCUT2D eigenvalue weighted by Crippen LogP contribution is 2.19. The van der Waals surface area contributed by atoms with E-state index >= 15 is 0 Å². The van der Waals surface area contributed by atoms with Gasteiger partial charge in [0.1, 0.15) is 0 Å². The highest BCUT2D eigenvalue weighted by atomic mass is 127. The van der Waals surface area contributed by atoms with Gasteiger partial charge in [0.05, 0.1) is 0 Å². The third kappa shape index (κ3) is 8.16. The molecule has 4 nitrogen and oxygen atoms in total. The van der Waals surface area contributed by atoms with Crippen molar-refractivity contribution in [1.29, 1.82) is 0 Å². The monoisotopic (exact) mass is 464 g/mol. The molecule has 1 fully saturated rings. The number of aliphatic imine (C=N–C) groups is 1. The van der Waals surface area contributed by atoms with Crippen molar-refractivity contribution in [3.05, 3.63) is 22.4 Å². The molecule has 1 aliphatic heterocycles. The molecule has 138 valence electrons. The summed E-state index contributed by atoms with van der Waals surface area (Å²) in [5.41, 5.74) is 0. The van der Waals surface area contributed by atoms with Crippen molar-refractivity contribution in [2.45, 2.75) is 39.7 Å². The predicted octanol–water partition coefficient (Wildman–Crippen LogP) is 3.79. The van der Waals surface area contributed by atoms with Crippen molar-refractivity contribution < 1.29 is 0 Å². The van der Waals surface area contributed by atoms with Crippen LogP contribution in [0.4, 0.5) is 0 Å². The summed E-state index contributed by atoms with van der Waals surface area (Å²) in [6, 6.07) is 4.39. The number of guanidine groups is 1. The van der Waals surface area contributed by atoms with Gasteiger partial charge in [0.25, 0.3) is 0 Å². The van der Waals surface area contributed by atoms with Crippen LogP contribution >= 0.6 is 35.3 Å². The molecular weight excluding hydrogens is 431 g/mol. The van der Waals surface area contributed by atoms with Gasteiger partial charge < -0.3 is 10.6 Å². The first-order valence-corrected chi connectivity index (χ1v) is 9.74. The minimum Gasteiger partial charge on any atom is -0.356 e. The van der Waals surface area contributed by atoms with E-state index in [-0.39, 0.29) is 24.0 Å². The number of nitrogens with zero attached hydrogens (tertiary/aromatic N) is 2. The number of halogens is 1.